The molecule has 0 aromatic rings. The van der Waals surface area contributed by atoms with E-state index in [2.05, 4.69) is 28.6 Å². The lowest BCUT2D eigenvalue weighted by Crippen LogP contribution is -2.55. The SMILES string of the molecule is C[C@H](N)C(=O)N[C@@H](C)C(=O)N[C@@H](C)C(=O)N[C@@H](CS)C(=O)O. The second-order valence-electron chi connectivity index (χ2n) is 4.83. The summed E-state index contributed by atoms with van der Waals surface area (Å²) in [6.45, 7) is 4.30. The Labute approximate surface area is 133 Å². The summed E-state index contributed by atoms with van der Waals surface area (Å²) in [4.78, 5) is 45.8. The highest BCUT2D eigenvalue weighted by molar-refractivity contribution is 7.80. The van der Waals surface area contributed by atoms with E-state index in [0.29, 0.717) is 0 Å². The third-order valence-corrected chi connectivity index (χ3v) is 3.08. The molecular weight excluding hydrogens is 312 g/mol. The maximum absolute atomic E-state index is 11.8. The highest BCUT2D eigenvalue weighted by Gasteiger charge is 2.25. The summed E-state index contributed by atoms with van der Waals surface area (Å²) in [5, 5.41) is 15.8. The molecule has 0 bridgehead atoms. The molecule has 0 aromatic heterocycles. The van der Waals surface area contributed by atoms with Crippen LogP contribution < -0.4 is 21.7 Å². The van der Waals surface area contributed by atoms with Crippen molar-refractivity contribution >= 4 is 36.3 Å². The fraction of sp³-hybridized carbons (Fsp3) is 0.667. The van der Waals surface area contributed by atoms with Crippen molar-refractivity contribution in [1.82, 2.24) is 16.0 Å². The fourth-order valence-corrected chi connectivity index (χ4v) is 1.54. The molecule has 0 unspecified atom stereocenters. The predicted octanol–water partition coefficient (Wildman–Crippen LogP) is -2.16. The summed E-state index contributed by atoms with van der Waals surface area (Å²) in [6.07, 6.45) is 0. The standard InChI is InChI=1S/C12H22N4O5S/c1-5(13)9(17)14-6(2)10(18)15-7(3)11(19)16-8(4-22)12(20)21/h5-8,22H,4,13H2,1-3H3,(H,14,17)(H,15,18)(H,16,19)(H,20,21)/t5-,6-,7-,8-/m0/s1. The Morgan fingerprint density at radius 2 is 1.36 bits per heavy atom. The molecule has 0 radical (unpaired) electrons. The topological polar surface area (TPSA) is 151 Å². The zero-order valence-corrected chi connectivity index (χ0v) is 13.5. The van der Waals surface area contributed by atoms with Crippen LogP contribution in [-0.2, 0) is 19.2 Å². The van der Waals surface area contributed by atoms with Crippen molar-refractivity contribution in [3.05, 3.63) is 0 Å². The molecule has 0 aromatic carbocycles. The molecule has 0 aliphatic rings. The van der Waals surface area contributed by atoms with Crippen molar-refractivity contribution in [2.45, 2.75) is 44.9 Å². The minimum absolute atomic E-state index is 0.0808. The molecule has 0 rings (SSSR count). The van der Waals surface area contributed by atoms with Gasteiger partial charge in [-0.25, -0.2) is 4.79 Å². The fourth-order valence-electron chi connectivity index (χ4n) is 1.30. The first-order valence-corrected chi connectivity index (χ1v) is 7.23. The van der Waals surface area contributed by atoms with Crippen LogP contribution in [0.4, 0.5) is 0 Å². The van der Waals surface area contributed by atoms with Gasteiger partial charge < -0.3 is 26.8 Å². The van der Waals surface area contributed by atoms with E-state index in [0.717, 1.165) is 0 Å². The lowest BCUT2D eigenvalue weighted by molar-refractivity contribution is -0.141. The van der Waals surface area contributed by atoms with Gasteiger partial charge in [0.15, 0.2) is 0 Å². The maximum atomic E-state index is 11.8. The number of hydrogen-bond acceptors (Lipinski definition) is 6. The Kier molecular flexibility index (Phi) is 8.50. The first-order chi connectivity index (χ1) is 10.1. The molecule has 3 amide bonds. The monoisotopic (exact) mass is 334 g/mol. The molecule has 0 heterocycles. The van der Waals surface area contributed by atoms with E-state index in [1.807, 2.05) is 0 Å². The smallest absolute Gasteiger partial charge is 0.327 e. The minimum atomic E-state index is -1.22. The summed E-state index contributed by atoms with van der Waals surface area (Å²) in [5.74, 6) is -3.06. The van der Waals surface area contributed by atoms with Crippen LogP contribution in [0.2, 0.25) is 0 Å². The molecule has 0 saturated heterocycles. The second-order valence-corrected chi connectivity index (χ2v) is 5.20. The molecule has 9 nitrogen and oxygen atoms in total. The number of hydrogen-bond donors (Lipinski definition) is 6. The number of thiol groups is 1. The highest BCUT2D eigenvalue weighted by atomic mass is 32.1. The Balaban J connectivity index is 4.48. The van der Waals surface area contributed by atoms with Crippen molar-refractivity contribution in [3.8, 4) is 0 Å². The van der Waals surface area contributed by atoms with E-state index in [9.17, 15) is 19.2 Å². The number of carboxylic acids is 1. The van der Waals surface area contributed by atoms with E-state index >= 15 is 0 Å². The molecule has 4 atom stereocenters. The summed E-state index contributed by atoms with van der Waals surface area (Å²) in [5.41, 5.74) is 5.36. The average molecular weight is 334 g/mol. The van der Waals surface area contributed by atoms with Gasteiger partial charge in [0, 0.05) is 5.75 Å². The number of carboxylic acid groups (broad SMARTS) is 1. The highest BCUT2D eigenvalue weighted by Crippen LogP contribution is 1.93. The van der Waals surface area contributed by atoms with Crippen molar-refractivity contribution in [2.75, 3.05) is 5.75 Å². The van der Waals surface area contributed by atoms with E-state index in [1.165, 1.54) is 20.8 Å². The Morgan fingerprint density at radius 1 is 0.955 bits per heavy atom. The van der Waals surface area contributed by atoms with E-state index < -0.39 is 47.9 Å². The van der Waals surface area contributed by atoms with Gasteiger partial charge in [-0.15, -0.1) is 0 Å². The number of amides is 3. The van der Waals surface area contributed by atoms with Crippen LogP contribution in [0.1, 0.15) is 20.8 Å². The number of carbonyl (C=O) groups is 4. The quantitative estimate of drug-likeness (QED) is 0.278. The Hall–Kier alpha value is -1.81. The van der Waals surface area contributed by atoms with Gasteiger partial charge in [-0.3, -0.25) is 14.4 Å². The number of rotatable bonds is 8. The van der Waals surface area contributed by atoms with Gasteiger partial charge in [-0.1, -0.05) is 0 Å². The molecule has 22 heavy (non-hydrogen) atoms. The van der Waals surface area contributed by atoms with Crippen LogP contribution in [0.3, 0.4) is 0 Å². The van der Waals surface area contributed by atoms with E-state index in [1.54, 1.807) is 0 Å². The van der Waals surface area contributed by atoms with Crippen molar-refractivity contribution in [1.29, 1.82) is 0 Å². The van der Waals surface area contributed by atoms with Gasteiger partial charge >= 0.3 is 5.97 Å². The minimum Gasteiger partial charge on any atom is -0.480 e. The van der Waals surface area contributed by atoms with E-state index in [-0.39, 0.29) is 5.75 Å². The molecule has 0 spiro atoms. The largest absolute Gasteiger partial charge is 0.480 e. The second kappa shape index (κ2) is 9.26. The molecule has 0 saturated carbocycles. The van der Waals surface area contributed by atoms with Crippen LogP contribution >= 0.6 is 12.6 Å². The van der Waals surface area contributed by atoms with Crippen molar-refractivity contribution in [2.24, 2.45) is 5.73 Å². The molecule has 0 fully saturated rings. The maximum Gasteiger partial charge on any atom is 0.327 e. The zero-order valence-electron chi connectivity index (χ0n) is 12.6. The average Bonchev–Trinajstić information content (AvgIpc) is 2.43. The first-order valence-electron chi connectivity index (χ1n) is 6.60. The molecular formula is C12H22N4O5S. The molecule has 0 aliphatic heterocycles. The Morgan fingerprint density at radius 3 is 1.73 bits per heavy atom. The van der Waals surface area contributed by atoms with Crippen LogP contribution in [-0.4, -0.2) is 58.7 Å². The van der Waals surface area contributed by atoms with Crippen LogP contribution in [0.25, 0.3) is 0 Å². The normalized spacial score (nSPS) is 15.9. The molecule has 126 valence electrons. The van der Waals surface area contributed by atoms with Crippen molar-refractivity contribution < 1.29 is 24.3 Å². The number of nitrogens with two attached hydrogens (primary N) is 1. The lowest BCUT2D eigenvalue weighted by Gasteiger charge is -2.20. The summed E-state index contributed by atoms with van der Waals surface area (Å²) in [7, 11) is 0. The third-order valence-electron chi connectivity index (χ3n) is 2.71. The van der Waals surface area contributed by atoms with Crippen LogP contribution in [0.15, 0.2) is 0 Å². The summed E-state index contributed by atoms with van der Waals surface area (Å²) >= 11 is 3.82. The van der Waals surface area contributed by atoms with Gasteiger partial charge in [0.1, 0.15) is 18.1 Å². The zero-order chi connectivity index (χ0) is 17.4. The first kappa shape index (κ1) is 20.2. The van der Waals surface area contributed by atoms with Gasteiger partial charge in [-0.2, -0.15) is 12.6 Å². The summed E-state index contributed by atoms with van der Waals surface area (Å²) < 4.78 is 0. The molecule has 10 heteroatoms. The third kappa shape index (κ3) is 6.76. The number of nitrogens with one attached hydrogen (secondary N) is 3. The van der Waals surface area contributed by atoms with Gasteiger partial charge in [-0.05, 0) is 20.8 Å². The van der Waals surface area contributed by atoms with Crippen LogP contribution in [0, 0.1) is 0 Å². The number of aliphatic carboxylic acids is 1. The van der Waals surface area contributed by atoms with Crippen LogP contribution in [0.5, 0.6) is 0 Å². The summed E-state index contributed by atoms with van der Waals surface area (Å²) in [6, 6.07) is -3.76. The van der Waals surface area contributed by atoms with Gasteiger partial charge in [0.25, 0.3) is 0 Å². The lowest BCUT2D eigenvalue weighted by atomic mass is 10.2. The predicted molar refractivity (Wildman–Crippen MR) is 82.3 cm³/mol. The Bertz CT molecular complexity index is 443. The van der Waals surface area contributed by atoms with Gasteiger partial charge in [0.05, 0.1) is 6.04 Å². The van der Waals surface area contributed by atoms with E-state index in [4.69, 9.17) is 10.8 Å². The van der Waals surface area contributed by atoms with Gasteiger partial charge in [0.2, 0.25) is 17.7 Å². The van der Waals surface area contributed by atoms with Crippen molar-refractivity contribution in [3.63, 3.8) is 0 Å². The number of carbonyl (C=O) groups excluding carboxylic acids is 3. The molecule has 6 N–H and O–H groups in total. The molecule has 0 aliphatic carbocycles.